The van der Waals surface area contributed by atoms with Gasteiger partial charge in [0.25, 0.3) is 5.91 Å². The van der Waals surface area contributed by atoms with Crippen LogP contribution in [0.5, 0.6) is 5.75 Å². The molecular weight excluding hydrogens is 389 g/mol. The molecule has 0 unspecified atom stereocenters. The summed E-state index contributed by atoms with van der Waals surface area (Å²) in [6.45, 7) is 2.39. The van der Waals surface area contributed by atoms with Crippen LogP contribution in [0.1, 0.15) is 22.5 Å². The summed E-state index contributed by atoms with van der Waals surface area (Å²) in [5.41, 5.74) is 0.0872. The van der Waals surface area contributed by atoms with E-state index in [9.17, 15) is 17.6 Å². The molecule has 1 aromatic heterocycles. The number of amides is 1. The van der Waals surface area contributed by atoms with Gasteiger partial charge in [-0.1, -0.05) is 0 Å². The molecule has 8 nitrogen and oxygen atoms in total. The molecule has 1 aromatic carbocycles. The highest BCUT2D eigenvalue weighted by molar-refractivity contribution is 7.91. The Morgan fingerprint density at radius 3 is 2.86 bits per heavy atom. The molecule has 0 bridgehead atoms. The molecule has 1 saturated heterocycles. The van der Waals surface area contributed by atoms with Crippen LogP contribution >= 0.6 is 0 Å². The van der Waals surface area contributed by atoms with Crippen LogP contribution in [0, 0.1) is 18.7 Å². The smallest absolute Gasteiger partial charge is 0.261 e. The first-order chi connectivity index (χ1) is 13.3. The van der Waals surface area contributed by atoms with Gasteiger partial charge in [0.15, 0.2) is 15.7 Å². The number of anilines is 1. The topological polar surface area (TPSA) is 107 Å². The molecule has 0 aliphatic carbocycles. The molecule has 10 heteroatoms. The van der Waals surface area contributed by atoms with Gasteiger partial charge in [-0.15, -0.1) is 0 Å². The second kappa shape index (κ2) is 8.19. The lowest BCUT2D eigenvalue weighted by Crippen LogP contribution is -2.19. The van der Waals surface area contributed by atoms with E-state index in [0.29, 0.717) is 19.6 Å². The first-order valence-electron chi connectivity index (χ1n) is 8.59. The summed E-state index contributed by atoms with van der Waals surface area (Å²) in [6.07, 6.45) is 1.63. The Labute approximate surface area is 162 Å². The first kappa shape index (κ1) is 20.2. The number of halogens is 1. The second-order valence-electron chi connectivity index (χ2n) is 6.45. The Kier molecular flexibility index (Phi) is 5.90. The summed E-state index contributed by atoms with van der Waals surface area (Å²) in [7, 11) is -2.24. The average Bonchev–Trinajstić information content (AvgIpc) is 3.16. The van der Waals surface area contributed by atoms with Crippen molar-refractivity contribution in [3.63, 3.8) is 0 Å². The predicted octanol–water partition coefficient (Wildman–Crippen LogP) is 2.00. The lowest BCUT2D eigenvalue weighted by molar-refractivity contribution is 0.102. The summed E-state index contributed by atoms with van der Waals surface area (Å²) in [6, 6.07) is 4.08. The number of rotatable bonds is 6. The third kappa shape index (κ3) is 4.45. The number of carbonyl (C=O) groups is 1. The van der Waals surface area contributed by atoms with E-state index in [1.54, 1.807) is 0 Å². The van der Waals surface area contributed by atoms with Crippen LogP contribution in [0.2, 0.25) is 0 Å². The number of hydrogen-bond acceptors (Lipinski definition) is 7. The Hall–Kier alpha value is -2.59. The van der Waals surface area contributed by atoms with Crippen LogP contribution in [-0.4, -0.2) is 50.4 Å². The molecule has 1 aliphatic heterocycles. The van der Waals surface area contributed by atoms with Crippen LogP contribution in [-0.2, 0) is 14.6 Å². The van der Waals surface area contributed by atoms with Crippen LogP contribution in [0.4, 0.5) is 10.3 Å². The summed E-state index contributed by atoms with van der Waals surface area (Å²) in [4.78, 5) is 20.2. The molecule has 1 fully saturated rings. The van der Waals surface area contributed by atoms with Gasteiger partial charge < -0.3 is 9.47 Å². The second-order valence-corrected chi connectivity index (χ2v) is 8.49. The van der Waals surface area contributed by atoms with Gasteiger partial charge >= 0.3 is 0 Å². The minimum atomic E-state index is -3.61. The fourth-order valence-electron chi connectivity index (χ4n) is 2.86. The van der Waals surface area contributed by atoms with Gasteiger partial charge in [-0.3, -0.25) is 10.1 Å². The molecule has 0 radical (unpaired) electrons. The van der Waals surface area contributed by atoms with Gasteiger partial charge in [0, 0.05) is 6.61 Å². The molecule has 0 spiro atoms. The van der Waals surface area contributed by atoms with Gasteiger partial charge in [0.05, 0.1) is 41.8 Å². The highest BCUT2D eigenvalue weighted by Gasteiger charge is 2.26. The van der Waals surface area contributed by atoms with Gasteiger partial charge in [-0.2, -0.15) is 0 Å². The number of nitrogens with one attached hydrogen (secondary N) is 1. The number of nitrogens with zero attached hydrogens (tertiary/aromatic N) is 2. The lowest BCUT2D eigenvalue weighted by Gasteiger charge is -2.13. The molecule has 2 heterocycles. The third-order valence-electron chi connectivity index (χ3n) is 4.40. The number of benzene rings is 1. The zero-order chi connectivity index (χ0) is 20.3. The van der Waals surface area contributed by atoms with Gasteiger partial charge in [-0.25, -0.2) is 22.8 Å². The van der Waals surface area contributed by atoms with E-state index in [-0.39, 0.29) is 39.5 Å². The zero-order valence-corrected chi connectivity index (χ0v) is 16.3. The Bertz CT molecular complexity index is 991. The van der Waals surface area contributed by atoms with Crippen molar-refractivity contribution in [1.29, 1.82) is 0 Å². The predicted molar refractivity (Wildman–Crippen MR) is 98.7 cm³/mol. The quantitative estimate of drug-likeness (QED) is 0.777. The van der Waals surface area contributed by atoms with E-state index in [1.807, 2.05) is 0 Å². The number of hydrogen-bond donors (Lipinski definition) is 1. The maximum atomic E-state index is 13.3. The summed E-state index contributed by atoms with van der Waals surface area (Å²) in [5.74, 6) is -1.29. The zero-order valence-electron chi connectivity index (χ0n) is 15.4. The minimum absolute atomic E-state index is 0.0109. The van der Waals surface area contributed by atoms with E-state index < -0.39 is 21.6 Å². The van der Waals surface area contributed by atoms with Crippen LogP contribution < -0.4 is 10.1 Å². The van der Waals surface area contributed by atoms with Crippen molar-refractivity contribution in [3.05, 3.63) is 41.5 Å². The van der Waals surface area contributed by atoms with Crippen molar-refractivity contribution in [1.82, 2.24) is 9.97 Å². The molecule has 1 atom stereocenters. The Balaban J connectivity index is 1.87. The van der Waals surface area contributed by atoms with E-state index in [2.05, 4.69) is 15.3 Å². The Morgan fingerprint density at radius 1 is 1.43 bits per heavy atom. The number of ether oxygens (including phenoxy) is 2. The van der Waals surface area contributed by atoms with Gasteiger partial charge in [-0.05, 0) is 37.5 Å². The SMILES string of the molecule is COc1ccc(S(=O)(=O)C[C@H]2CCOC2)cc1C(=O)Nc1ncc(F)c(C)n1. The van der Waals surface area contributed by atoms with E-state index in [0.717, 1.165) is 6.20 Å². The Morgan fingerprint density at radius 2 is 2.21 bits per heavy atom. The fraction of sp³-hybridized carbons (Fsp3) is 0.389. The molecule has 2 aromatic rings. The van der Waals surface area contributed by atoms with E-state index >= 15 is 0 Å². The lowest BCUT2D eigenvalue weighted by atomic mass is 10.2. The number of aryl methyl sites for hydroxylation is 1. The molecule has 28 heavy (non-hydrogen) atoms. The maximum Gasteiger partial charge on any atom is 0.261 e. The number of methoxy groups -OCH3 is 1. The van der Waals surface area contributed by atoms with Crippen molar-refractivity contribution in [2.24, 2.45) is 5.92 Å². The number of aromatic nitrogens is 2. The van der Waals surface area contributed by atoms with Crippen LogP contribution in [0.3, 0.4) is 0 Å². The maximum absolute atomic E-state index is 13.3. The first-order valence-corrected chi connectivity index (χ1v) is 10.2. The van der Waals surface area contributed by atoms with Crippen molar-refractivity contribution in [3.8, 4) is 5.75 Å². The third-order valence-corrected chi connectivity index (χ3v) is 6.28. The normalized spacial score (nSPS) is 16.8. The largest absolute Gasteiger partial charge is 0.496 e. The van der Waals surface area contributed by atoms with Crippen LogP contribution in [0.25, 0.3) is 0 Å². The summed E-state index contributed by atoms with van der Waals surface area (Å²) in [5, 5.41) is 2.43. The summed E-state index contributed by atoms with van der Waals surface area (Å²) < 4.78 is 49.1. The van der Waals surface area contributed by atoms with Crippen LogP contribution in [0.15, 0.2) is 29.3 Å². The van der Waals surface area contributed by atoms with Crippen molar-refractivity contribution in [2.75, 3.05) is 31.4 Å². The summed E-state index contributed by atoms with van der Waals surface area (Å²) >= 11 is 0. The molecule has 3 rings (SSSR count). The molecule has 0 saturated carbocycles. The van der Waals surface area contributed by atoms with E-state index in [1.165, 1.54) is 32.2 Å². The molecule has 1 amide bonds. The molecular formula is C18H20FN3O5S. The van der Waals surface area contributed by atoms with Gasteiger partial charge in [0.2, 0.25) is 5.95 Å². The minimum Gasteiger partial charge on any atom is -0.496 e. The van der Waals surface area contributed by atoms with Gasteiger partial charge in [0.1, 0.15) is 5.75 Å². The molecule has 1 aliphatic rings. The monoisotopic (exact) mass is 409 g/mol. The van der Waals surface area contributed by atoms with Crippen molar-refractivity contribution < 1.29 is 27.1 Å². The highest BCUT2D eigenvalue weighted by atomic mass is 32.2. The van der Waals surface area contributed by atoms with E-state index in [4.69, 9.17) is 9.47 Å². The fourth-order valence-corrected chi connectivity index (χ4v) is 4.51. The highest BCUT2D eigenvalue weighted by Crippen LogP contribution is 2.26. The van der Waals surface area contributed by atoms with Crippen molar-refractivity contribution in [2.45, 2.75) is 18.2 Å². The average molecular weight is 409 g/mol. The number of carbonyl (C=O) groups excluding carboxylic acids is 1. The molecule has 150 valence electrons. The molecule has 1 N–H and O–H groups in total. The van der Waals surface area contributed by atoms with Crippen molar-refractivity contribution >= 4 is 21.7 Å². The standard InChI is InChI=1S/C18H20FN3O5S/c1-11-15(19)8-20-18(21-11)22-17(23)14-7-13(3-4-16(14)26-2)28(24,25)10-12-5-6-27-9-12/h3-4,7-8,12H,5-6,9-10H2,1-2H3,(H,20,21,22,23)/t12-/m0/s1. The number of sulfone groups is 1.